The normalized spacial score (nSPS) is 27.2. The molecule has 41 heavy (non-hydrogen) atoms. The van der Waals surface area contributed by atoms with Gasteiger partial charge in [-0.1, -0.05) is 24.3 Å². The van der Waals surface area contributed by atoms with Crippen LogP contribution in [-0.2, 0) is 23.1 Å². The van der Waals surface area contributed by atoms with E-state index < -0.39 is 5.41 Å². The molecule has 4 fully saturated rings. The van der Waals surface area contributed by atoms with Crippen LogP contribution < -0.4 is 4.90 Å². The molecule has 7 nitrogen and oxygen atoms in total. The SMILES string of the molecule is N#Cc1ccc(-c2ccc3c(c2)N(CC24CC5CC(CC(C5)C2)C4)C(=O)C3(Cc2c[nH]cn2)Cc2cnc[nH]2)cc1. The van der Waals surface area contributed by atoms with E-state index in [0.29, 0.717) is 18.4 Å². The zero-order chi connectivity index (χ0) is 27.6. The predicted octanol–water partition coefficient (Wildman–Crippen LogP) is 5.96. The Bertz CT molecular complexity index is 1560. The summed E-state index contributed by atoms with van der Waals surface area (Å²) < 4.78 is 0. The fourth-order valence-corrected chi connectivity index (χ4v) is 9.34. The van der Waals surface area contributed by atoms with E-state index in [0.717, 1.165) is 58.1 Å². The van der Waals surface area contributed by atoms with Crippen LogP contribution in [0.15, 0.2) is 67.5 Å². The van der Waals surface area contributed by atoms with Crippen molar-refractivity contribution >= 4 is 11.6 Å². The fraction of sp³-hybridized carbons (Fsp3) is 0.412. The number of amides is 1. The first-order valence-electron chi connectivity index (χ1n) is 14.9. The third-order valence-corrected chi connectivity index (χ3v) is 10.5. The zero-order valence-electron chi connectivity index (χ0n) is 23.1. The summed E-state index contributed by atoms with van der Waals surface area (Å²) in [5, 5.41) is 9.30. The van der Waals surface area contributed by atoms with E-state index in [2.05, 4.69) is 49.1 Å². The summed E-state index contributed by atoms with van der Waals surface area (Å²) in [5.41, 5.74) is 6.13. The minimum absolute atomic E-state index is 0.179. The summed E-state index contributed by atoms with van der Waals surface area (Å²) >= 11 is 0. The third kappa shape index (κ3) is 4.03. The Morgan fingerprint density at radius 1 is 0.951 bits per heavy atom. The molecule has 1 aliphatic heterocycles. The van der Waals surface area contributed by atoms with Gasteiger partial charge in [-0.2, -0.15) is 5.26 Å². The van der Waals surface area contributed by atoms with Crippen LogP contribution in [0.2, 0.25) is 0 Å². The van der Waals surface area contributed by atoms with E-state index in [1.54, 1.807) is 12.7 Å². The van der Waals surface area contributed by atoms with E-state index in [1.165, 1.54) is 38.5 Å². The predicted molar refractivity (Wildman–Crippen MR) is 156 cm³/mol. The molecule has 0 radical (unpaired) electrons. The zero-order valence-corrected chi connectivity index (χ0v) is 23.1. The highest BCUT2D eigenvalue weighted by Crippen LogP contribution is 2.61. The van der Waals surface area contributed by atoms with Gasteiger partial charge in [0.05, 0.1) is 35.4 Å². The number of hydrogen-bond acceptors (Lipinski definition) is 4. The van der Waals surface area contributed by atoms with Crippen LogP contribution in [0.1, 0.15) is 61.0 Å². The molecular weight excluding hydrogens is 508 g/mol. The Hall–Kier alpha value is -4.18. The van der Waals surface area contributed by atoms with Crippen LogP contribution >= 0.6 is 0 Å². The van der Waals surface area contributed by atoms with E-state index in [4.69, 9.17) is 0 Å². The Balaban J connectivity index is 1.26. The lowest BCUT2D eigenvalue weighted by atomic mass is 9.49. The van der Waals surface area contributed by atoms with Crippen molar-refractivity contribution in [2.45, 2.75) is 56.8 Å². The van der Waals surface area contributed by atoms with E-state index in [-0.39, 0.29) is 11.3 Å². The maximum absolute atomic E-state index is 15.0. The number of nitrogens with zero attached hydrogens (tertiary/aromatic N) is 4. The van der Waals surface area contributed by atoms with Crippen LogP contribution in [0.25, 0.3) is 11.1 Å². The second-order valence-electron chi connectivity index (χ2n) is 13.3. The van der Waals surface area contributed by atoms with Gasteiger partial charge in [-0.25, -0.2) is 9.97 Å². The second kappa shape index (κ2) is 9.17. The van der Waals surface area contributed by atoms with Gasteiger partial charge in [0.1, 0.15) is 0 Å². The number of anilines is 1. The van der Waals surface area contributed by atoms with E-state index in [9.17, 15) is 5.26 Å². The van der Waals surface area contributed by atoms with Gasteiger partial charge >= 0.3 is 0 Å². The number of H-pyrrole nitrogens is 2. The first kappa shape index (κ1) is 24.6. The molecule has 0 saturated heterocycles. The Labute approximate surface area is 240 Å². The van der Waals surface area contributed by atoms with Crippen LogP contribution in [0.4, 0.5) is 5.69 Å². The first-order valence-corrected chi connectivity index (χ1v) is 14.9. The lowest BCUT2D eigenvalue weighted by Gasteiger charge is -2.57. The molecule has 1 amide bonds. The standard InChI is InChI=1S/C34H34N6O/c35-16-22-1-3-26(4-2-22)27-5-6-30-31(10-27)40(19-33-11-23-7-24(12-33)9-25(8-23)13-33)32(41)34(30,14-28-17-36-20-38-28)15-29-18-37-21-39-29/h1-6,10,17-18,20-21,23-25H,7-9,11-15,19H2,(H,36,38)(H,37,39). The molecule has 4 saturated carbocycles. The maximum atomic E-state index is 15.0. The van der Waals surface area contributed by atoms with Crippen molar-refractivity contribution in [2.24, 2.45) is 23.2 Å². The number of nitriles is 1. The van der Waals surface area contributed by atoms with Crippen molar-refractivity contribution in [3.05, 3.63) is 90.0 Å². The molecule has 3 heterocycles. The second-order valence-corrected chi connectivity index (χ2v) is 13.3. The molecule has 2 N–H and O–H groups in total. The summed E-state index contributed by atoms with van der Waals surface area (Å²) in [7, 11) is 0. The smallest absolute Gasteiger partial charge is 0.238 e. The number of aromatic nitrogens is 4. The number of nitrogens with one attached hydrogen (secondary N) is 2. The van der Waals surface area contributed by atoms with Gasteiger partial charge < -0.3 is 14.9 Å². The lowest BCUT2D eigenvalue weighted by molar-refractivity contribution is -0.124. The first-order chi connectivity index (χ1) is 20.0. The number of benzene rings is 2. The van der Waals surface area contributed by atoms with Gasteiger partial charge in [0.2, 0.25) is 5.91 Å². The quantitative estimate of drug-likeness (QED) is 0.301. The molecule has 7 heteroatoms. The Morgan fingerprint density at radius 3 is 2.32 bits per heavy atom. The molecule has 5 aliphatic rings. The maximum Gasteiger partial charge on any atom is 0.238 e. The highest BCUT2D eigenvalue weighted by Gasteiger charge is 2.56. The topological polar surface area (TPSA) is 101 Å². The van der Waals surface area contributed by atoms with Crippen molar-refractivity contribution in [2.75, 3.05) is 11.4 Å². The number of fused-ring (bicyclic) bond motifs is 1. The third-order valence-electron chi connectivity index (χ3n) is 10.5. The molecular formula is C34H34N6O. The van der Waals surface area contributed by atoms with Gasteiger partial charge in [-0.15, -0.1) is 0 Å². The molecule has 4 aliphatic carbocycles. The number of rotatable bonds is 7. The highest BCUT2D eigenvalue weighted by atomic mass is 16.2. The van der Waals surface area contributed by atoms with E-state index >= 15 is 4.79 Å². The van der Waals surface area contributed by atoms with E-state index in [1.807, 2.05) is 36.7 Å². The minimum atomic E-state index is -0.775. The molecule has 2 aromatic carbocycles. The van der Waals surface area contributed by atoms with Crippen LogP contribution in [0.3, 0.4) is 0 Å². The molecule has 1 unspecified atom stereocenters. The summed E-state index contributed by atoms with van der Waals surface area (Å²) in [6, 6.07) is 16.5. The van der Waals surface area contributed by atoms with Crippen LogP contribution in [0, 0.1) is 34.5 Å². The lowest BCUT2D eigenvalue weighted by Crippen LogP contribution is -2.53. The fourth-order valence-electron chi connectivity index (χ4n) is 9.34. The van der Waals surface area contributed by atoms with Crippen molar-refractivity contribution in [3.8, 4) is 17.2 Å². The molecule has 206 valence electrons. The Kier molecular flexibility index (Phi) is 5.50. The summed E-state index contributed by atoms with van der Waals surface area (Å²) in [5.74, 6) is 2.64. The number of aromatic amines is 2. The average molecular weight is 543 g/mol. The van der Waals surface area contributed by atoms with Gasteiger partial charge in [0.25, 0.3) is 0 Å². The van der Waals surface area contributed by atoms with Gasteiger partial charge in [0.15, 0.2) is 0 Å². The monoisotopic (exact) mass is 542 g/mol. The van der Waals surface area contributed by atoms with Crippen molar-refractivity contribution < 1.29 is 4.79 Å². The molecule has 4 aromatic rings. The summed E-state index contributed by atoms with van der Waals surface area (Å²) in [6.45, 7) is 0.796. The minimum Gasteiger partial charge on any atom is -0.351 e. The number of carbonyl (C=O) groups is 1. The highest BCUT2D eigenvalue weighted by molar-refractivity contribution is 6.09. The number of hydrogen-bond donors (Lipinski definition) is 2. The van der Waals surface area contributed by atoms with Crippen LogP contribution in [-0.4, -0.2) is 32.4 Å². The number of carbonyl (C=O) groups excluding carboxylic acids is 1. The van der Waals surface area contributed by atoms with Gasteiger partial charge in [0, 0.05) is 43.2 Å². The number of imidazole rings is 2. The molecule has 9 rings (SSSR count). The van der Waals surface area contributed by atoms with Crippen molar-refractivity contribution in [1.29, 1.82) is 5.26 Å². The van der Waals surface area contributed by atoms with Crippen LogP contribution in [0.5, 0.6) is 0 Å². The summed E-state index contributed by atoms with van der Waals surface area (Å²) in [6.07, 6.45) is 16.1. The molecule has 2 aromatic heterocycles. The van der Waals surface area contributed by atoms with Crippen molar-refractivity contribution in [3.63, 3.8) is 0 Å². The Morgan fingerprint density at radius 2 is 1.68 bits per heavy atom. The summed E-state index contributed by atoms with van der Waals surface area (Å²) in [4.78, 5) is 32.4. The van der Waals surface area contributed by atoms with Crippen molar-refractivity contribution in [1.82, 2.24) is 19.9 Å². The largest absolute Gasteiger partial charge is 0.351 e. The molecule has 0 spiro atoms. The van der Waals surface area contributed by atoms with Gasteiger partial charge in [-0.05, 0) is 96.6 Å². The molecule has 4 bridgehead atoms. The van der Waals surface area contributed by atoms with Gasteiger partial charge in [-0.3, -0.25) is 4.79 Å². The average Bonchev–Trinajstić information content (AvgIpc) is 3.72. The molecule has 1 atom stereocenters.